The summed E-state index contributed by atoms with van der Waals surface area (Å²) < 4.78 is 0. The van der Waals surface area contributed by atoms with Gasteiger partial charge in [0.15, 0.2) is 0 Å². The Morgan fingerprint density at radius 3 is 2.56 bits per heavy atom. The van der Waals surface area contributed by atoms with Crippen molar-refractivity contribution < 1.29 is 0 Å². The highest BCUT2D eigenvalue weighted by Crippen LogP contribution is 2.17. The number of hydrogen-bond donors (Lipinski definition) is 1. The maximum absolute atomic E-state index is 5.59. The maximum Gasteiger partial charge on any atom is 0.0233 e. The van der Waals surface area contributed by atoms with Gasteiger partial charge in [0.25, 0.3) is 0 Å². The van der Waals surface area contributed by atoms with E-state index in [1.54, 1.807) is 0 Å². The zero-order chi connectivity index (χ0) is 11.4. The van der Waals surface area contributed by atoms with Crippen LogP contribution >= 0.6 is 0 Å². The molecule has 0 saturated carbocycles. The molecule has 1 unspecified atom stereocenters. The molecule has 0 bridgehead atoms. The Morgan fingerprint density at radius 2 is 1.94 bits per heavy atom. The second-order valence-electron chi connectivity index (χ2n) is 5.00. The molecule has 1 saturated heterocycles. The number of likely N-dealkylation sites (tertiary alicyclic amines) is 1. The van der Waals surface area contributed by atoms with Crippen LogP contribution in [0, 0.1) is 5.92 Å². The van der Waals surface area contributed by atoms with Crippen LogP contribution in [-0.4, -0.2) is 18.0 Å². The van der Waals surface area contributed by atoms with Crippen molar-refractivity contribution in [1.29, 1.82) is 0 Å². The minimum absolute atomic E-state index is 0.640. The van der Waals surface area contributed by atoms with Crippen LogP contribution in [0.1, 0.15) is 30.9 Å². The van der Waals surface area contributed by atoms with Crippen LogP contribution in [0.3, 0.4) is 0 Å². The van der Waals surface area contributed by atoms with Gasteiger partial charge in [-0.2, -0.15) is 0 Å². The number of nitrogens with two attached hydrogens (primary N) is 1. The fourth-order valence-electron chi connectivity index (χ4n) is 2.47. The lowest BCUT2D eigenvalue weighted by Gasteiger charge is -2.30. The first-order valence-electron chi connectivity index (χ1n) is 6.28. The molecule has 1 aromatic carbocycles. The average molecular weight is 218 g/mol. The number of nitrogens with zero attached hydrogens (tertiary/aromatic N) is 1. The van der Waals surface area contributed by atoms with Crippen molar-refractivity contribution in [2.45, 2.75) is 32.9 Å². The zero-order valence-electron chi connectivity index (χ0n) is 10.2. The molecule has 88 valence electrons. The van der Waals surface area contributed by atoms with Gasteiger partial charge in [0.1, 0.15) is 0 Å². The number of rotatable bonds is 3. The second-order valence-corrected chi connectivity index (χ2v) is 5.00. The van der Waals surface area contributed by atoms with Crippen molar-refractivity contribution in [2.75, 3.05) is 13.1 Å². The fourth-order valence-corrected chi connectivity index (χ4v) is 2.47. The molecule has 0 amide bonds. The standard InChI is InChI=1S/C14H22N2/c1-12-3-2-8-16(10-12)11-14-6-4-13(9-15)5-7-14/h4-7,12H,2-3,8-11,15H2,1H3. The first-order valence-corrected chi connectivity index (χ1v) is 6.28. The molecule has 1 aliphatic rings. The predicted molar refractivity (Wildman–Crippen MR) is 68.0 cm³/mol. The Labute approximate surface area is 98.4 Å². The van der Waals surface area contributed by atoms with Gasteiger partial charge in [-0.15, -0.1) is 0 Å². The van der Waals surface area contributed by atoms with Crippen LogP contribution in [-0.2, 0) is 13.1 Å². The number of benzene rings is 1. The van der Waals surface area contributed by atoms with Gasteiger partial charge in [0, 0.05) is 19.6 Å². The van der Waals surface area contributed by atoms with Crippen LogP contribution in [0.4, 0.5) is 0 Å². The van der Waals surface area contributed by atoms with E-state index < -0.39 is 0 Å². The molecule has 2 N–H and O–H groups in total. The molecule has 1 atom stereocenters. The van der Waals surface area contributed by atoms with Gasteiger partial charge in [0.2, 0.25) is 0 Å². The van der Waals surface area contributed by atoms with Crippen LogP contribution in [0.25, 0.3) is 0 Å². The van der Waals surface area contributed by atoms with Gasteiger partial charge in [-0.3, -0.25) is 4.90 Å². The van der Waals surface area contributed by atoms with E-state index in [1.165, 1.54) is 37.1 Å². The van der Waals surface area contributed by atoms with Crippen molar-refractivity contribution >= 4 is 0 Å². The Bertz CT molecular complexity index is 318. The Kier molecular flexibility index (Phi) is 3.97. The van der Waals surface area contributed by atoms with E-state index >= 15 is 0 Å². The maximum atomic E-state index is 5.59. The summed E-state index contributed by atoms with van der Waals surface area (Å²) in [6, 6.07) is 8.70. The fraction of sp³-hybridized carbons (Fsp3) is 0.571. The molecule has 0 radical (unpaired) electrons. The summed E-state index contributed by atoms with van der Waals surface area (Å²) in [5.41, 5.74) is 8.22. The van der Waals surface area contributed by atoms with Crippen molar-refractivity contribution in [3.63, 3.8) is 0 Å². The molecule has 2 nitrogen and oxygen atoms in total. The van der Waals surface area contributed by atoms with Crippen LogP contribution in [0.2, 0.25) is 0 Å². The van der Waals surface area contributed by atoms with Gasteiger partial charge in [-0.1, -0.05) is 31.2 Å². The summed E-state index contributed by atoms with van der Waals surface area (Å²) >= 11 is 0. The van der Waals surface area contributed by atoms with E-state index in [0.717, 1.165) is 12.5 Å². The molecule has 1 aromatic rings. The minimum Gasteiger partial charge on any atom is -0.326 e. The first kappa shape index (κ1) is 11.6. The van der Waals surface area contributed by atoms with Gasteiger partial charge < -0.3 is 5.73 Å². The lowest BCUT2D eigenvalue weighted by Crippen LogP contribution is -2.33. The number of hydrogen-bond acceptors (Lipinski definition) is 2. The third-order valence-corrected chi connectivity index (χ3v) is 3.41. The molecule has 0 aromatic heterocycles. The molecule has 0 aliphatic carbocycles. The summed E-state index contributed by atoms with van der Waals surface area (Å²) in [5, 5.41) is 0. The zero-order valence-corrected chi connectivity index (χ0v) is 10.2. The van der Waals surface area contributed by atoms with E-state index in [2.05, 4.69) is 36.1 Å². The summed E-state index contributed by atoms with van der Waals surface area (Å²) in [6.45, 7) is 6.58. The quantitative estimate of drug-likeness (QED) is 0.844. The van der Waals surface area contributed by atoms with Gasteiger partial charge in [-0.05, 0) is 36.4 Å². The van der Waals surface area contributed by atoms with Gasteiger partial charge >= 0.3 is 0 Å². The highest BCUT2D eigenvalue weighted by Gasteiger charge is 2.15. The molecule has 1 aliphatic heterocycles. The van der Waals surface area contributed by atoms with Crippen molar-refractivity contribution in [1.82, 2.24) is 4.90 Å². The van der Waals surface area contributed by atoms with Crippen molar-refractivity contribution in [3.8, 4) is 0 Å². The normalized spacial score (nSPS) is 22.2. The summed E-state index contributed by atoms with van der Waals surface area (Å²) in [5.74, 6) is 0.858. The monoisotopic (exact) mass is 218 g/mol. The molecule has 1 heterocycles. The Hall–Kier alpha value is -0.860. The molecule has 1 fully saturated rings. The molecule has 16 heavy (non-hydrogen) atoms. The van der Waals surface area contributed by atoms with E-state index in [0.29, 0.717) is 6.54 Å². The summed E-state index contributed by atoms with van der Waals surface area (Å²) in [6.07, 6.45) is 2.74. The summed E-state index contributed by atoms with van der Waals surface area (Å²) in [7, 11) is 0. The number of piperidine rings is 1. The van der Waals surface area contributed by atoms with Gasteiger partial charge in [-0.25, -0.2) is 0 Å². The smallest absolute Gasteiger partial charge is 0.0233 e. The van der Waals surface area contributed by atoms with E-state index in [4.69, 9.17) is 5.73 Å². The Morgan fingerprint density at radius 1 is 1.25 bits per heavy atom. The van der Waals surface area contributed by atoms with E-state index in [1.807, 2.05) is 0 Å². The third-order valence-electron chi connectivity index (χ3n) is 3.41. The minimum atomic E-state index is 0.640. The molecule has 2 rings (SSSR count). The van der Waals surface area contributed by atoms with E-state index in [-0.39, 0.29) is 0 Å². The van der Waals surface area contributed by atoms with Crippen LogP contribution in [0.5, 0.6) is 0 Å². The SMILES string of the molecule is CC1CCCN(Cc2ccc(CN)cc2)C1. The summed E-state index contributed by atoms with van der Waals surface area (Å²) in [4.78, 5) is 2.56. The van der Waals surface area contributed by atoms with Crippen molar-refractivity contribution in [2.24, 2.45) is 11.7 Å². The van der Waals surface area contributed by atoms with Crippen LogP contribution < -0.4 is 5.73 Å². The van der Waals surface area contributed by atoms with Crippen molar-refractivity contribution in [3.05, 3.63) is 35.4 Å². The Balaban J connectivity index is 1.92. The van der Waals surface area contributed by atoms with Crippen LogP contribution in [0.15, 0.2) is 24.3 Å². The van der Waals surface area contributed by atoms with Gasteiger partial charge in [0.05, 0.1) is 0 Å². The second kappa shape index (κ2) is 5.46. The molecule has 2 heteroatoms. The van der Waals surface area contributed by atoms with E-state index in [9.17, 15) is 0 Å². The third kappa shape index (κ3) is 3.06. The topological polar surface area (TPSA) is 29.3 Å². The largest absolute Gasteiger partial charge is 0.326 e. The lowest BCUT2D eigenvalue weighted by atomic mass is 9.99. The predicted octanol–water partition coefficient (Wildman–Crippen LogP) is 2.38. The average Bonchev–Trinajstić information content (AvgIpc) is 2.30. The molecular formula is C14H22N2. The first-order chi connectivity index (χ1) is 7.78. The highest BCUT2D eigenvalue weighted by atomic mass is 15.1. The molecule has 0 spiro atoms. The lowest BCUT2D eigenvalue weighted by molar-refractivity contribution is 0.176. The highest BCUT2D eigenvalue weighted by molar-refractivity contribution is 5.22. The molecular weight excluding hydrogens is 196 g/mol.